The van der Waals surface area contributed by atoms with Gasteiger partial charge < -0.3 is 19.8 Å². The topological polar surface area (TPSA) is 121 Å². The van der Waals surface area contributed by atoms with Crippen molar-refractivity contribution in [2.45, 2.75) is 26.7 Å². The highest BCUT2D eigenvalue weighted by Gasteiger charge is 2.19. The van der Waals surface area contributed by atoms with Crippen LogP contribution in [0, 0.1) is 0 Å². The molecule has 0 unspecified atom stereocenters. The van der Waals surface area contributed by atoms with Gasteiger partial charge in [-0.25, -0.2) is 14.8 Å². The molecule has 0 aliphatic carbocycles. The minimum Gasteiger partial charge on any atom is -0.476 e. The highest BCUT2D eigenvalue weighted by molar-refractivity contribution is 6.30. The second kappa shape index (κ2) is 7.63. The molecule has 8 nitrogen and oxygen atoms in total. The first-order valence-corrected chi connectivity index (χ1v) is 8.69. The van der Waals surface area contributed by atoms with Crippen LogP contribution in [0.2, 0.25) is 5.15 Å². The molecule has 0 spiro atoms. The number of H-pyrrole nitrogens is 1. The number of imidazole rings is 1. The maximum atomic E-state index is 12.3. The van der Waals surface area contributed by atoms with E-state index in [1.54, 1.807) is 31.2 Å². The zero-order valence-corrected chi connectivity index (χ0v) is 15.4. The number of carboxylic acid groups (broad SMARTS) is 1. The molecule has 0 saturated heterocycles. The Morgan fingerprint density at radius 1 is 1.19 bits per heavy atom. The number of nitrogens with zero attached hydrogens (tertiary/aromatic N) is 2. The van der Waals surface area contributed by atoms with Gasteiger partial charge in [-0.15, -0.1) is 0 Å². The second-order valence-corrected chi connectivity index (χ2v) is 6.05. The van der Waals surface area contributed by atoms with E-state index in [-0.39, 0.29) is 22.6 Å². The molecule has 27 heavy (non-hydrogen) atoms. The van der Waals surface area contributed by atoms with E-state index in [9.17, 15) is 9.59 Å². The summed E-state index contributed by atoms with van der Waals surface area (Å²) in [5.74, 6) is -0.882. The number of nitrogens with one attached hydrogen (secondary N) is 2. The van der Waals surface area contributed by atoms with Gasteiger partial charge in [0.05, 0.1) is 5.69 Å². The van der Waals surface area contributed by atoms with Gasteiger partial charge in [0.1, 0.15) is 5.76 Å². The molecule has 2 heterocycles. The molecule has 3 aromatic rings. The van der Waals surface area contributed by atoms with Gasteiger partial charge in [-0.3, -0.25) is 4.79 Å². The monoisotopic (exact) mass is 388 g/mol. The molecule has 0 bridgehead atoms. The Bertz CT molecular complexity index is 991. The normalized spacial score (nSPS) is 10.8. The Kier molecular flexibility index (Phi) is 5.27. The lowest BCUT2D eigenvalue weighted by molar-refractivity contribution is 0.0688. The van der Waals surface area contributed by atoms with Crippen LogP contribution < -0.4 is 5.32 Å². The van der Waals surface area contributed by atoms with Gasteiger partial charge in [0, 0.05) is 17.7 Å². The molecule has 140 valence electrons. The summed E-state index contributed by atoms with van der Waals surface area (Å²) < 4.78 is 5.52. The largest absolute Gasteiger partial charge is 0.476 e. The van der Waals surface area contributed by atoms with Crippen LogP contribution in [0.4, 0.5) is 5.69 Å². The summed E-state index contributed by atoms with van der Waals surface area (Å²) >= 11 is 5.95. The summed E-state index contributed by atoms with van der Waals surface area (Å²) in [4.78, 5) is 34.4. The Balaban J connectivity index is 1.77. The molecule has 0 fully saturated rings. The maximum Gasteiger partial charge on any atom is 0.358 e. The van der Waals surface area contributed by atoms with Crippen molar-refractivity contribution in [1.82, 2.24) is 15.0 Å². The van der Waals surface area contributed by atoms with Crippen molar-refractivity contribution in [3.63, 3.8) is 0 Å². The summed E-state index contributed by atoms with van der Waals surface area (Å²) in [6, 6.07) is 6.68. The lowest BCUT2D eigenvalue weighted by atomic mass is 10.2. The molecule has 1 amide bonds. The number of aryl methyl sites for hydroxylation is 2. The van der Waals surface area contributed by atoms with E-state index < -0.39 is 11.9 Å². The molecule has 3 rings (SSSR count). The predicted molar refractivity (Wildman–Crippen MR) is 99.2 cm³/mol. The summed E-state index contributed by atoms with van der Waals surface area (Å²) in [5.41, 5.74) is 1.74. The van der Waals surface area contributed by atoms with E-state index in [4.69, 9.17) is 21.1 Å². The van der Waals surface area contributed by atoms with Crippen molar-refractivity contribution in [1.29, 1.82) is 0 Å². The van der Waals surface area contributed by atoms with Crippen LogP contribution in [0.5, 0.6) is 0 Å². The van der Waals surface area contributed by atoms with Crippen LogP contribution in [0.15, 0.2) is 28.7 Å². The summed E-state index contributed by atoms with van der Waals surface area (Å²) in [6.45, 7) is 3.70. The number of halogens is 1. The number of hydrogen-bond donors (Lipinski definition) is 3. The van der Waals surface area contributed by atoms with Crippen molar-refractivity contribution >= 4 is 29.2 Å². The van der Waals surface area contributed by atoms with Gasteiger partial charge in [0.15, 0.2) is 16.7 Å². The number of aromatic carboxylic acids is 1. The van der Waals surface area contributed by atoms with Crippen LogP contribution in [0.1, 0.15) is 46.4 Å². The number of oxazole rings is 1. The maximum absolute atomic E-state index is 12.3. The first-order valence-electron chi connectivity index (χ1n) is 8.32. The quantitative estimate of drug-likeness (QED) is 0.590. The zero-order valence-electron chi connectivity index (χ0n) is 14.7. The fraction of sp³-hybridized carbons (Fsp3) is 0.222. The highest BCUT2D eigenvalue weighted by Crippen LogP contribution is 2.24. The molecule has 9 heteroatoms. The second-order valence-electron chi connectivity index (χ2n) is 5.69. The van der Waals surface area contributed by atoms with E-state index in [2.05, 4.69) is 20.3 Å². The fourth-order valence-corrected chi connectivity index (χ4v) is 2.76. The molecule has 1 aromatic carbocycles. The molecule has 0 radical (unpaired) electrons. The molecule has 0 aliphatic heterocycles. The van der Waals surface area contributed by atoms with Crippen molar-refractivity contribution in [3.8, 4) is 11.5 Å². The Labute approximate surface area is 159 Å². The van der Waals surface area contributed by atoms with Crippen molar-refractivity contribution in [2.24, 2.45) is 0 Å². The third-order valence-electron chi connectivity index (χ3n) is 3.91. The highest BCUT2D eigenvalue weighted by atomic mass is 35.5. The molecular formula is C18H17ClN4O4. The summed E-state index contributed by atoms with van der Waals surface area (Å²) in [5, 5.41) is 12.2. The number of carboxylic acids is 1. The van der Waals surface area contributed by atoms with Crippen LogP contribution in [-0.2, 0) is 12.8 Å². The number of carbonyl (C=O) groups excluding carboxylic acids is 1. The Morgan fingerprint density at radius 3 is 2.41 bits per heavy atom. The van der Waals surface area contributed by atoms with Crippen LogP contribution in [-0.4, -0.2) is 31.9 Å². The van der Waals surface area contributed by atoms with Crippen LogP contribution in [0.25, 0.3) is 11.5 Å². The first-order chi connectivity index (χ1) is 12.9. The van der Waals surface area contributed by atoms with Gasteiger partial charge >= 0.3 is 5.97 Å². The van der Waals surface area contributed by atoms with Gasteiger partial charge in [-0.1, -0.05) is 25.4 Å². The molecule has 2 aromatic heterocycles. The standard InChI is InChI=1S/C18H17ClN4O4/c1-3-11-14(19)23-15(21-11)16(24)20-10-7-5-9(6-8-10)17-22-13(18(25)26)12(4-2)27-17/h5-8H,3-4H2,1-2H3,(H,20,24)(H,21,23)(H,25,26). The van der Waals surface area contributed by atoms with Crippen molar-refractivity contribution in [2.75, 3.05) is 5.32 Å². The minimum absolute atomic E-state index is 0.0914. The number of anilines is 1. The number of carbonyl (C=O) groups is 2. The summed E-state index contributed by atoms with van der Waals surface area (Å²) in [7, 11) is 0. The predicted octanol–water partition coefficient (Wildman–Crippen LogP) is 3.79. The van der Waals surface area contributed by atoms with Gasteiger partial charge in [0.2, 0.25) is 5.89 Å². The van der Waals surface area contributed by atoms with E-state index in [0.29, 0.717) is 35.5 Å². The molecular weight excluding hydrogens is 372 g/mol. The number of rotatable bonds is 6. The number of aromatic nitrogens is 3. The smallest absolute Gasteiger partial charge is 0.358 e. The van der Waals surface area contributed by atoms with Gasteiger partial charge in [-0.05, 0) is 30.7 Å². The number of benzene rings is 1. The average Bonchev–Trinajstić information content (AvgIpc) is 3.26. The Morgan fingerprint density at radius 2 is 1.89 bits per heavy atom. The van der Waals surface area contributed by atoms with Crippen LogP contribution >= 0.6 is 11.6 Å². The van der Waals surface area contributed by atoms with Crippen molar-refractivity contribution < 1.29 is 19.1 Å². The minimum atomic E-state index is -1.13. The van der Waals surface area contributed by atoms with Crippen LogP contribution in [0.3, 0.4) is 0 Å². The van der Waals surface area contributed by atoms with E-state index in [1.165, 1.54) is 0 Å². The summed E-state index contributed by atoms with van der Waals surface area (Å²) in [6.07, 6.45) is 1.07. The number of hydrogen-bond acceptors (Lipinski definition) is 5. The first kappa shape index (κ1) is 18.7. The zero-order chi connectivity index (χ0) is 19.6. The lowest BCUT2D eigenvalue weighted by Crippen LogP contribution is -2.13. The number of amides is 1. The fourth-order valence-electron chi connectivity index (χ4n) is 2.50. The molecule has 3 N–H and O–H groups in total. The third kappa shape index (κ3) is 3.85. The SMILES string of the molecule is CCc1[nH]c(C(=O)Nc2ccc(-c3nc(C(=O)O)c(CC)o3)cc2)nc1Cl. The molecule has 0 aliphatic rings. The molecule has 0 atom stereocenters. The van der Waals surface area contributed by atoms with E-state index >= 15 is 0 Å². The molecule has 0 saturated carbocycles. The lowest BCUT2D eigenvalue weighted by Gasteiger charge is -2.03. The number of aromatic amines is 1. The van der Waals surface area contributed by atoms with Gasteiger partial charge in [-0.2, -0.15) is 0 Å². The third-order valence-corrected chi connectivity index (χ3v) is 4.22. The van der Waals surface area contributed by atoms with E-state index in [0.717, 1.165) is 0 Å². The van der Waals surface area contributed by atoms with Crippen molar-refractivity contribution in [3.05, 3.63) is 52.4 Å². The van der Waals surface area contributed by atoms with E-state index in [1.807, 2.05) is 6.92 Å². The van der Waals surface area contributed by atoms with Gasteiger partial charge in [0.25, 0.3) is 5.91 Å². The average molecular weight is 389 g/mol. The Hall–Kier alpha value is -3.13.